The highest BCUT2D eigenvalue weighted by Crippen LogP contribution is 2.39. The Kier molecular flexibility index (Phi) is 5.49. The summed E-state index contributed by atoms with van der Waals surface area (Å²) in [6, 6.07) is 14.0. The number of hydrogen-bond acceptors (Lipinski definition) is 3. The minimum absolute atomic E-state index is 0.0627. The van der Waals surface area contributed by atoms with Gasteiger partial charge in [-0.1, -0.05) is 42.3 Å². The molecule has 2 atom stereocenters. The molecule has 0 saturated carbocycles. The number of likely N-dealkylation sites (tertiary alicyclic amines) is 1. The van der Waals surface area contributed by atoms with Gasteiger partial charge in [-0.05, 0) is 54.9 Å². The molecular weight excluding hydrogens is 357 g/mol. The third kappa shape index (κ3) is 3.75. The lowest BCUT2D eigenvalue weighted by molar-refractivity contribution is -0.0631. The van der Waals surface area contributed by atoms with Crippen molar-refractivity contribution in [2.24, 2.45) is 5.92 Å². The minimum atomic E-state index is -1.20. The van der Waals surface area contributed by atoms with Crippen LogP contribution in [0.3, 0.4) is 0 Å². The average molecular weight is 378 g/mol. The Balaban J connectivity index is 1.98. The summed E-state index contributed by atoms with van der Waals surface area (Å²) in [6.07, 6.45) is 0.506. The monoisotopic (exact) mass is 377 g/mol. The van der Waals surface area contributed by atoms with Gasteiger partial charge in [0.05, 0.1) is 5.92 Å². The molecule has 1 aliphatic heterocycles. The number of halogens is 2. The van der Waals surface area contributed by atoms with Crippen LogP contribution < -0.4 is 0 Å². The van der Waals surface area contributed by atoms with E-state index in [0.717, 1.165) is 18.7 Å². The van der Waals surface area contributed by atoms with E-state index in [-0.39, 0.29) is 5.78 Å². The van der Waals surface area contributed by atoms with Crippen LogP contribution in [0.15, 0.2) is 48.5 Å². The summed E-state index contributed by atoms with van der Waals surface area (Å²) in [5, 5.41) is 12.7. The fraction of sp³-hybridized carbons (Fsp3) is 0.350. The van der Waals surface area contributed by atoms with Gasteiger partial charge < -0.3 is 10.0 Å². The predicted octanol–water partition coefficient (Wildman–Crippen LogP) is 4.41. The fourth-order valence-corrected chi connectivity index (χ4v) is 3.74. The van der Waals surface area contributed by atoms with E-state index in [4.69, 9.17) is 23.2 Å². The van der Waals surface area contributed by atoms with Crippen LogP contribution in [0.4, 0.5) is 0 Å². The van der Waals surface area contributed by atoms with E-state index >= 15 is 0 Å². The van der Waals surface area contributed by atoms with Gasteiger partial charge in [-0.3, -0.25) is 4.79 Å². The number of nitrogens with zero attached hydrogens (tertiary/aromatic N) is 1. The first-order valence-corrected chi connectivity index (χ1v) is 9.20. The molecule has 2 aromatic rings. The number of carbonyl (C=O) groups excluding carboxylic acids is 1. The van der Waals surface area contributed by atoms with Crippen molar-refractivity contribution < 1.29 is 9.90 Å². The number of Topliss-reactive ketones (excluding diaryl/α,β-unsaturated/α-hetero) is 1. The molecule has 25 heavy (non-hydrogen) atoms. The van der Waals surface area contributed by atoms with Gasteiger partial charge in [0.2, 0.25) is 0 Å². The van der Waals surface area contributed by atoms with Crippen LogP contribution in [0.1, 0.15) is 29.3 Å². The molecular formula is C20H21Cl2NO2. The molecule has 3 nitrogen and oxygen atoms in total. The Morgan fingerprint density at radius 3 is 2.24 bits per heavy atom. The standard InChI is InChI=1S/C20H21Cl2NO2/c1-2-23-12-11-20(25,15-5-9-17(22)10-6-15)18(13-23)19(24)14-3-7-16(21)8-4-14/h3-10,18,25H,2,11-13H2,1H3/t18-,20+/m0/s1. The van der Waals surface area contributed by atoms with Gasteiger partial charge in [-0.2, -0.15) is 0 Å². The molecule has 1 heterocycles. The summed E-state index contributed by atoms with van der Waals surface area (Å²) in [7, 11) is 0. The normalized spacial score (nSPS) is 24.2. The maximum atomic E-state index is 13.2. The molecule has 0 radical (unpaired) electrons. The van der Waals surface area contributed by atoms with Crippen molar-refractivity contribution in [1.29, 1.82) is 0 Å². The molecule has 0 amide bonds. The van der Waals surface area contributed by atoms with E-state index in [1.54, 1.807) is 36.4 Å². The summed E-state index contributed by atoms with van der Waals surface area (Å²) in [6.45, 7) is 4.19. The first-order valence-electron chi connectivity index (χ1n) is 8.44. The second-order valence-electron chi connectivity index (χ2n) is 6.50. The van der Waals surface area contributed by atoms with Crippen molar-refractivity contribution in [2.75, 3.05) is 19.6 Å². The summed E-state index contributed by atoms with van der Waals surface area (Å²) in [5.41, 5.74) is 0.104. The second-order valence-corrected chi connectivity index (χ2v) is 7.37. The van der Waals surface area contributed by atoms with Gasteiger partial charge in [-0.15, -0.1) is 0 Å². The lowest BCUT2D eigenvalue weighted by atomic mass is 9.72. The molecule has 1 N–H and O–H groups in total. The zero-order valence-corrected chi connectivity index (χ0v) is 15.6. The molecule has 2 aromatic carbocycles. The van der Waals surface area contributed by atoms with Crippen molar-refractivity contribution in [1.82, 2.24) is 4.90 Å². The SMILES string of the molecule is CCN1CC[C@@](O)(c2ccc(Cl)cc2)[C@H](C(=O)c2ccc(Cl)cc2)C1. The van der Waals surface area contributed by atoms with Crippen LogP contribution in [0, 0.1) is 5.92 Å². The molecule has 3 rings (SSSR count). The molecule has 1 aliphatic rings. The number of aliphatic hydroxyl groups is 1. The Hall–Kier alpha value is -1.39. The van der Waals surface area contributed by atoms with Crippen LogP contribution in [0.2, 0.25) is 10.0 Å². The zero-order valence-electron chi connectivity index (χ0n) is 14.1. The first kappa shape index (κ1) is 18.4. The summed E-state index contributed by atoms with van der Waals surface area (Å²) in [5.74, 6) is -0.601. The third-order valence-electron chi connectivity index (χ3n) is 5.06. The fourth-order valence-electron chi connectivity index (χ4n) is 3.49. The molecule has 0 bridgehead atoms. The maximum Gasteiger partial charge on any atom is 0.170 e. The van der Waals surface area contributed by atoms with Crippen molar-refractivity contribution >= 4 is 29.0 Å². The third-order valence-corrected chi connectivity index (χ3v) is 5.57. The Morgan fingerprint density at radius 2 is 1.68 bits per heavy atom. The van der Waals surface area contributed by atoms with Gasteiger partial charge in [0.25, 0.3) is 0 Å². The van der Waals surface area contributed by atoms with Gasteiger partial charge in [-0.25, -0.2) is 0 Å². The summed E-state index contributed by atoms with van der Waals surface area (Å²) in [4.78, 5) is 15.4. The molecule has 0 aliphatic carbocycles. The molecule has 132 valence electrons. The number of carbonyl (C=O) groups is 1. The van der Waals surface area contributed by atoms with Crippen LogP contribution >= 0.6 is 23.2 Å². The smallest absolute Gasteiger partial charge is 0.170 e. The maximum absolute atomic E-state index is 13.2. The van der Waals surface area contributed by atoms with E-state index in [1.165, 1.54) is 0 Å². The lowest BCUT2D eigenvalue weighted by Gasteiger charge is -2.44. The highest BCUT2D eigenvalue weighted by Gasteiger charge is 2.46. The largest absolute Gasteiger partial charge is 0.384 e. The Labute approximate surface area is 158 Å². The Morgan fingerprint density at radius 1 is 1.12 bits per heavy atom. The number of ketones is 1. The second kappa shape index (κ2) is 7.46. The van der Waals surface area contributed by atoms with Crippen LogP contribution in [-0.4, -0.2) is 35.4 Å². The van der Waals surface area contributed by atoms with E-state index in [0.29, 0.717) is 28.6 Å². The van der Waals surface area contributed by atoms with E-state index in [1.807, 2.05) is 12.1 Å². The highest BCUT2D eigenvalue weighted by molar-refractivity contribution is 6.30. The van der Waals surface area contributed by atoms with Gasteiger partial charge in [0.1, 0.15) is 5.60 Å². The van der Waals surface area contributed by atoms with E-state index in [2.05, 4.69) is 11.8 Å². The highest BCUT2D eigenvalue weighted by atomic mass is 35.5. The molecule has 0 aromatic heterocycles. The van der Waals surface area contributed by atoms with Crippen LogP contribution in [0.25, 0.3) is 0 Å². The van der Waals surface area contributed by atoms with Crippen molar-refractivity contribution in [3.8, 4) is 0 Å². The van der Waals surface area contributed by atoms with Crippen molar-refractivity contribution in [3.05, 3.63) is 69.7 Å². The van der Waals surface area contributed by atoms with Crippen LogP contribution in [-0.2, 0) is 5.60 Å². The number of benzene rings is 2. The molecule has 1 fully saturated rings. The molecule has 0 unspecified atom stereocenters. The molecule has 1 saturated heterocycles. The summed E-state index contributed by atoms with van der Waals surface area (Å²) < 4.78 is 0. The van der Waals surface area contributed by atoms with Crippen molar-refractivity contribution in [2.45, 2.75) is 18.9 Å². The van der Waals surface area contributed by atoms with Crippen LogP contribution in [0.5, 0.6) is 0 Å². The van der Waals surface area contributed by atoms with E-state index < -0.39 is 11.5 Å². The molecule has 0 spiro atoms. The number of rotatable bonds is 4. The quantitative estimate of drug-likeness (QED) is 0.802. The Bertz CT molecular complexity index is 745. The van der Waals surface area contributed by atoms with Crippen molar-refractivity contribution in [3.63, 3.8) is 0 Å². The van der Waals surface area contributed by atoms with Gasteiger partial charge in [0, 0.05) is 28.7 Å². The number of piperidine rings is 1. The van der Waals surface area contributed by atoms with Gasteiger partial charge >= 0.3 is 0 Å². The predicted molar refractivity (Wildman–Crippen MR) is 101 cm³/mol. The molecule has 5 heteroatoms. The average Bonchev–Trinajstić information content (AvgIpc) is 2.62. The minimum Gasteiger partial charge on any atom is -0.384 e. The first-order chi connectivity index (χ1) is 11.9. The zero-order chi connectivity index (χ0) is 18.0. The lowest BCUT2D eigenvalue weighted by Crippen LogP contribution is -2.53. The van der Waals surface area contributed by atoms with Gasteiger partial charge in [0.15, 0.2) is 5.78 Å². The van der Waals surface area contributed by atoms with E-state index in [9.17, 15) is 9.90 Å². The summed E-state index contributed by atoms with van der Waals surface area (Å²) >= 11 is 11.9. The topological polar surface area (TPSA) is 40.5 Å². The number of hydrogen-bond donors (Lipinski definition) is 1.